The zero-order valence-corrected chi connectivity index (χ0v) is 7.87. The number of fused-ring (bicyclic) bond motifs is 1. The van der Waals surface area contributed by atoms with Gasteiger partial charge in [0.05, 0.1) is 12.7 Å². The molecular weight excluding hydrogens is 192 g/mol. The Hall–Kier alpha value is -0.790. The van der Waals surface area contributed by atoms with Crippen LogP contribution in [0.1, 0.15) is 0 Å². The molecule has 6 nitrogen and oxygen atoms in total. The molecule has 1 unspecified atom stereocenters. The lowest BCUT2D eigenvalue weighted by Gasteiger charge is -2.31. The highest BCUT2D eigenvalue weighted by Crippen LogP contribution is 2.13. The van der Waals surface area contributed by atoms with Crippen molar-refractivity contribution < 1.29 is 8.42 Å². The van der Waals surface area contributed by atoms with Crippen molar-refractivity contribution in [2.24, 2.45) is 5.14 Å². The number of rotatable bonds is 1. The summed E-state index contributed by atoms with van der Waals surface area (Å²) in [6.45, 7) is 2.18. The van der Waals surface area contributed by atoms with E-state index in [2.05, 4.69) is 10.2 Å². The Kier molecular flexibility index (Phi) is 1.94. The van der Waals surface area contributed by atoms with Crippen LogP contribution >= 0.6 is 0 Å². The Morgan fingerprint density at radius 2 is 2.23 bits per heavy atom. The smallest absolute Gasteiger partial charge is 0.298 e. The minimum Gasteiger partial charge on any atom is -0.358 e. The molecule has 0 bridgehead atoms. The van der Waals surface area contributed by atoms with Gasteiger partial charge in [-0.15, -0.1) is 0 Å². The van der Waals surface area contributed by atoms with Crippen molar-refractivity contribution >= 4 is 10.2 Å². The molecule has 0 saturated carbocycles. The van der Waals surface area contributed by atoms with Gasteiger partial charge in [-0.05, 0) is 0 Å². The van der Waals surface area contributed by atoms with Gasteiger partial charge in [-0.3, -0.25) is 9.62 Å². The molecule has 0 amide bonds. The fourth-order valence-electron chi connectivity index (χ4n) is 1.56. The van der Waals surface area contributed by atoms with Crippen molar-refractivity contribution in [3.63, 3.8) is 0 Å². The third-order valence-electron chi connectivity index (χ3n) is 2.25. The highest BCUT2D eigenvalue weighted by atomic mass is 32.2. The molecule has 1 atom stereocenters. The van der Waals surface area contributed by atoms with Crippen LogP contribution in [0.15, 0.2) is 12.4 Å². The number of hydrogen-bond acceptors (Lipinski definition) is 4. The van der Waals surface area contributed by atoms with E-state index >= 15 is 0 Å². The van der Waals surface area contributed by atoms with Gasteiger partial charge in [0, 0.05) is 25.5 Å². The van der Waals surface area contributed by atoms with Crippen LogP contribution in [0.25, 0.3) is 0 Å². The maximum Gasteiger partial charge on any atom is 0.298 e. The molecule has 2 heterocycles. The van der Waals surface area contributed by atoms with Crippen LogP contribution in [0, 0.1) is 0 Å². The molecule has 0 aromatic heterocycles. The first kappa shape index (κ1) is 8.79. The van der Waals surface area contributed by atoms with E-state index in [-0.39, 0.29) is 6.17 Å². The van der Waals surface area contributed by atoms with Crippen LogP contribution in [-0.2, 0) is 10.2 Å². The zero-order valence-electron chi connectivity index (χ0n) is 7.05. The first-order valence-electron chi connectivity index (χ1n) is 4.04. The lowest BCUT2D eigenvalue weighted by atomic mass is 10.4. The highest BCUT2D eigenvalue weighted by molar-refractivity contribution is 7.86. The highest BCUT2D eigenvalue weighted by Gasteiger charge is 2.29. The number of hydrogen-bond donors (Lipinski definition) is 2. The maximum atomic E-state index is 11.0. The van der Waals surface area contributed by atoms with E-state index in [1.807, 2.05) is 0 Å². The van der Waals surface area contributed by atoms with E-state index in [0.717, 1.165) is 17.4 Å². The summed E-state index contributed by atoms with van der Waals surface area (Å²) in [4.78, 5) is 2.06. The Morgan fingerprint density at radius 3 is 2.92 bits per heavy atom. The second-order valence-corrected chi connectivity index (χ2v) is 4.62. The minimum absolute atomic E-state index is 0.0725. The van der Waals surface area contributed by atoms with E-state index in [0.29, 0.717) is 6.54 Å². The quantitative estimate of drug-likeness (QED) is 0.528. The number of nitrogens with zero attached hydrogens (tertiary/aromatic N) is 2. The van der Waals surface area contributed by atoms with Crippen LogP contribution in [-0.4, -0.2) is 43.4 Å². The summed E-state index contributed by atoms with van der Waals surface area (Å²) >= 11 is 0. The molecule has 0 aliphatic carbocycles. The standard InChI is InChI=1S/C6H12N4O2S/c7-13(11,12)10-4-3-9-2-1-8-6(9)5-10/h3-4,6,8H,1-2,5H2,(H2,7,11,12). The first-order valence-corrected chi connectivity index (χ1v) is 5.55. The number of nitrogens with one attached hydrogen (secondary N) is 1. The average Bonchev–Trinajstić information content (AvgIpc) is 2.47. The Morgan fingerprint density at radius 1 is 1.46 bits per heavy atom. The summed E-state index contributed by atoms with van der Waals surface area (Å²) in [6, 6.07) is 0. The van der Waals surface area contributed by atoms with Gasteiger partial charge in [0.15, 0.2) is 0 Å². The van der Waals surface area contributed by atoms with Crippen molar-refractivity contribution in [3.05, 3.63) is 12.4 Å². The summed E-state index contributed by atoms with van der Waals surface area (Å²) in [6.07, 6.45) is 3.32. The van der Waals surface area contributed by atoms with E-state index in [1.54, 1.807) is 6.20 Å². The molecule has 0 aromatic rings. The molecule has 1 saturated heterocycles. The Bertz CT molecular complexity index is 326. The third-order valence-corrected chi connectivity index (χ3v) is 3.18. The Balaban J connectivity index is 2.17. The molecule has 0 aromatic carbocycles. The molecule has 0 spiro atoms. The second kappa shape index (κ2) is 2.86. The normalized spacial score (nSPS) is 27.9. The third kappa shape index (κ3) is 1.62. The van der Waals surface area contributed by atoms with Gasteiger partial charge < -0.3 is 4.90 Å². The van der Waals surface area contributed by atoms with Gasteiger partial charge in [-0.25, -0.2) is 5.14 Å². The lowest BCUT2D eigenvalue weighted by molar-refractivity contribution is 0.263. The lowest BCUT2D eigenvalue weighted by Crippen LogP contribution is -2.48. The van der Waals surface area contributed by atoms with Crippen LogP contribution in [0.5, 0.6) is 0 Å². The molecule has 13 heavy (non-hydrogen) atoms. The van der Waals surface area contributed by atoms with Crippen molar-refractivity contribution in [1.82, 2.24) is 14.5 Å². The van der Waals surface area contributed by atoms with Crippen molar-refractivity contribution in [3.8, 4) is 0 Å². The van der Waals surface area contributed by atoms with Crippen LogP contribution in [0.3, 0.4) is 0 Å². The van der Waals surface area contributed by atoms with Crippen LogP contribution in [0.4, 0.5) is 0 Å². The summed E-state index contributed by atoms with van der Waals surface area (Å²) in [5.74, 6) is 0. The first-order chi connectivity index (χ1) is 6.07. The molecule has 2 aliphatic rings. The van der Waals surface area contributed by atoms with Crippen LogP contribution in [0.2, 0.25) is 0 Å². The zero-order chi connectivity index (χ0) is 9.47. The molecule has 0 radical (unpaired) electrons. The van der Waals surface area contributed by atoms with E-state index < -0.39 is 10.2 Å². The molecule has 74 valence electrons. The predicted octanol–water partition coefficient (Wildman–Crippen LogP) is -1.79. The van der Waals surface area contributed by atoms with Gasteiger partial charge >= 0.3 is 0 Å². The van der Waals surface area contributed by atoms with E-state index in [9.17, 15) is 8.42 Å². The molecule has 2 aliphatic heterocycles. The minimum atomic E-state index is -3.58. The average molecular weight is 204 g/mol. The summed E-state index contributed by atoms with van der Waals surface area (Å²) in [7, 11) is -3.58. The van der Waals surface area contributed by atoms with Crippen molar-refractivity contribution in [1.29, 1.82) is 0 Å². The SMILES string of the molecule is NS(=O)(=O)N1C=CN2CCNC2C1. The van der Waals surface area contributed by atoms with Crippen LogP contribution < -0.4 is 10.5 Å². The number of nitrogens with two attached hydrogens (primary N) is 1. The van der Waals surface area contributed by atoms with Gasteiger partial charge in [0.1, 0.15) is 0 Å². The van der Waals surface area contributed by atoms with Gasteiger partial charge in [0.25, 0.3) is 10.2 Å². The fourth-order valence-corrected chi connectivity index (χ4v) is 2.13. The molecule has 3 N–H and O–H groups in total. The Labute approximate surface area is 77.2 Å². The molecular formula is C6H12N4O2S. The second-order valence-electron chi connectivity index (χ2n) is 3.12. The topological polar surface area (TPSA) is 78.7 Å². The van der Waals surface area contributed by atoms with E-state index in [1.165, 1.54) is 6.20 Å². The molecule has 7 heteroatoms. The summed E-state index contributed by atoms with van der Waals surface area (Å²) < 4.78 is 23.1. The summed E-state index contributed by atoms with van der Waals surface area (Å²) in [5, 5.41) is 8.17. The largest absolute Gasteiger partial charge is 0.358 e. The maximum absolute atomic E-state index is 11.0. The van der Waals surface area contributed by atoms with Gasteiger partial charge in [-0.1, -0.05) is 0 Å². The van der Waals surface area contributed by atoms with E-state index in [4.69, 9.17) is 5.14 Å². The summed E-state index contributed by atoms with van der Waals surface area (Å²) in [5.41, 5.74) is 0. The van der Waals surface area contributed by atoms with Gasteiger partial charge in [0.2, 0.25) is 0 Å². The molecule has 1 fully saturated rings. The van der Waals surface area contributed by atoms with Crippen molar-refractivity contribution in [2.45, 2.75) is 6.17 Å². The van der Waals surface area contributed by atoms with Gasteiger partial charge in [-0.2, -0.15) is 8.42 Å². The molecule has 2 rings (SSSR count). The monoisotopic (exact) mass is 204 g/mol. The van der Waals surface area contributed by atoms with Crippen molar-refractivity contribution in [2.75, 3.05) is 19.6 Å². The predicted molar refractivity (Wildman–Crippen MR) is 47.4 cm³/mol. The fraction of sp³-hybridized carbons (Fsp3) is 0.667.